The molecular formula is C13H15BrN2O4. The first-order valence-corrected chi connectivity index (χ1v) is 7.00. The Morgan fingerprint density at radius 1 is 1.50 bits per heavy atom. The molecule has 0 spiro atoms. The van der Waals surface area contributed by atoms with E-state index in [1.807, 2.05) is 24.3 Å². The molecule has 1 aromatic rings. The van der Waals surface area contributed by atoms with Gasteiger partial charge in [0, 0.05) is 24.0 Å². The number of likely N-dealkylation sites (tertiary alicyclic amines) is 1. The summed E-state index contributed by atoms with van der Waals surface area (Å²) >= 11 is 3.36. The van der Waals surface area contributed by atoms with Crippen molar-refractivity contribution in [3.8, 4) is 0 Å². The summed E-state index contributed by atoms with van der Waals surface area (Å²) in [7, 11) is 0. The molecule has 1 saturated heterocycles. The zero-order valence-corrected chi connectivity index (χ0v) is 12.3. The van der Waals surface area contributed by atoms with Crippen LogP contribution in [0.5, 0.6) is 0 Å². The maximum Gasteiger partial charge on any atom is 0.407 e. The molecule has 6 nitrogen and oxygen atoms in total. The molecule has 0 bridgehead atoms. The summed E-state index contributed by atoms with van der Waals surface area (Å²) in [6.07, 6.45) is -1.34. The molecule has 1 fully saturated rings. The van der Waals surface area contributed by atoms with Crippen molar-refractivity contribution in [2.45, 2.75) is 19.1 Å². The summed E-state index contributed by atoms with van der Waals surface area (Å²) < 4.78 is 6.12. The van der Waals surface area contributed by atoms with E-state index >= 15 is 0 Å². The summed E-state index contributed by atoms with van der Waals surface area (Å²) in [4.78, 5) is 23.6. The Hall–Kier alpha value is -1.76. The van der Waals surface area contributed by atoms with Crippen molar-refractivity contribution in [2.24, 2.45) is 0 Å². The maximum atomic E-state index is 11.6. The molecule has 0 aromatic heterocycles. The molecule has 1 heterocycles. The van der Waals surface area contributed by atoms with Gasteiger partial charge in [-0.15, -0.1) is 0 Å². The lowest BCUT2D eigenvalue weighted by atomic mass is 10.2. The summed E-state index contributed by atoms with van der Waals surface area (Å²) in [5.74, 6) is 0. The van der Waals surface area contributed by atoms with Gasteiger partial charge in [0.2, 0.25) is 0 Å². The van der Waals surface area contributed by atoms with E-state index in [1.54, 1.807) is 0 Å². The average molecular weight is 343 g/mol. The second-order valence-electron chi connectivity index (χ2n) is 4.53. The van der Waals surface area contributed by atoms with Crippen molar-refractivity contribution in [1.29, 1.82) is 0 Å². The van der Waals surface area contributed by atoms with Gasteiger partial charge in [-0.05, 0) is 17.7 Å². The van der Waals surface area contributed by atoms with Crippen LogP contribution in [-0.2, 0) is 11.3 Å². The van der Waals surface area contributed by atoms with Gasteiger partial charge in [-0.3, -0.25) is 0 Å². The summed E-state index contributed by atoms with van der Waals surface area (Å²) in [5, 5.41) is 11.5. The number of halogens is 1. The van der Waals surface area contributed by atoms with E-state index in [1.165, 1.54) is 4.90 Å². The van der Waals surface area contributed by atoms with Gasteiger partial charge in [-0.1, -0.05) is 28.1 Å². The number of nitrogens with zero attached hydrogens (tertiary/aromatic N) is 1. The number of amides is 2. The molecule has 1 aromatic carbocycles. The highest BCUT2D eigenvalue weighted by Gasteiger charge is 2.28. The third-order valence-corrected chi connectivity index (χ3v) is 3.51. The third-order valence-electron chi connectivity index (χ3n) is 3.02. The van der Waals surface area contributed by atoms with Gasteiger partial charge in [0.25, 0.3) is 0 Å². The minimum Gasteiger partial charge on any atom is -0.465 e. The van der Waals surface area contributed by atoms with Crippen LogP contribution >= 0.6 is 15.9 Å². The number of alkyl carbamates (subject to hydrolysis) is 1. The first kappa shape index (κ1) is 14.6. The minimum absolute atomic E-state index is 0.236. The van der Waals surface area contributed by atoms with Gasteiger partial charge in [0.1, 0.15) is 6.10 Å². The zero-order valence-electron chi connectivity index (χ0n) is 10.7. The van der Waals surface area contributed by atoms with Gasteiger partial charge >= 0.3 is 12.2 Å². The first-order chi connectivity index (χ1) is 9.54. The number of carbonyl (C=O) groups excluding carboxylic acids is 1. The van der Waals surface area contributed by atoms with E-state index in [2.05, 4.69) is 21.2 Å². The number of ether oxygens (including phenoxy) is 1. The number of carboxylic acid groups (broad SMARTS) is 1. The maximum absolute atomic E-state index is 11.6. The topological polar surface area (TPSA) is 78.9 Å². The van der Waals surface area contributed by atoms with Crippen LogP contribution in [0.1, 0.15) is 12.0 Å². The first-order valence-electron chi connectivity index (χ1n) is 6.21. The monoisotopic (exact) mass is 342 g/mol. The molecule has 1 aliphatic rings. The molecule has 0 saturated carbocycles. The lowest BCUT2D eigenvalue weighted by molar-refractivity contribution is 0.0972. The third kappa shape index (κ3) is 4.12. The Labute approximate surface area is 124 Å². The van der Waals surface area contributed by atoms with Gasteiger partial charge < -0.3 is 20.1 Å². The molecule has 7 heteroatoms. The molecule has 0 radical (unpaired) electrons. The normalized spacial score (nSPS) is 17.9. The Morgan fingerprint density at radius 2 is 2.30 bits per heavy atom. The number of benzene rings is 1. The summed E-state index contributed by atoms with van der Waals surface area (Å²) in [6.45, 7) is 1.01. The summed E-state index contributed by atoms with van der Waals surface area (Å²) in [5.41, 5.74) is 0.954. The van der Waals surface area contributed by atoms with E-state index in [4.69, 9.17) is 9.84 Å². The molecule has 108 valence electrons. The van der Waals surface area contributed by atoms with Gasteiger partial charge in [0.05, 0.1) is 6.54 Å². The molecule has 1 unspecified atom stereocenters. The molecule has 2 amide bonds. The zero-order chi connectivity index (χ0) is 14.5. The molecule has 1 atom stereocenters. The second kappa shape index (κ2) is 6.60. The van der Waals surface area contributed by atoms with Crippen molar-refractivity contribution < 1.29 is 19.4 Å². The Kier molecular flexibility index (Phi) is 4.84. The fourth-order valence-corrected chi connectivity index (χ4v) is 2.46. The molecule has 2 N–H and O–H groups in total. The van der Waals surface area contributed by atoms with Crippen LogP contribution in [0.25, 0.3) is 0 Å². The van der Waals surface area contributed by atoms with E-state index in [9.17, 15) is 9.59 Å². The highest BCUT2D eigenvalue weighted by Crippen LogP contribution is 2.13. The number of hydrogen-bond donors (Lipinski definition) is 2. The smallest absolute Gasteiger partial charge is 0.407 e. The van der Waals surface area contributed by atoms with Crippen LogP contribution in [-0.4, -0.2) is 41.4 Å². The largest absolute Gasteiger partial charge is 0.465 e. The van der Waals surface area contributed by atoms with Crippen molar-refractivity contribution in [3.63, 3.8) is 0 Å². The second-order valence-corrected chi connectivity index (χ2v) is 5.44. The Morgan fingerprint density at radius 3 is 2.95 bits per heavy atom. The van der Waals surface area contributed by atoms with E-state index in [0.29, 0.717) is 19.5 Å². The Bertz CT molecular complexity index is 509. The van der Waals surface area contributed by atoms with E-state index in [-0.39, 0.29) is 12.6 Å². The number of nitrogens with one attached hydrogen (secondary N) is 1. The average Bonchev–Trinajstić information content (AvgIpc) is 2.85. The fourth-order valence-electron chi connectivity index (χ4n) is 2.01. The van der Waals surface area contributed by atoms with Gasteiger partial charge in [0.15, 0.2) is 0 Å². The van der Waals surface area contributed by atoms with Gasteiger partial charge in [-0.2, -0.15) is 0 Å². The quantitative estimate of drug-likeness (QED) is 0.884. The molecule has 20 heavy (non-hydrogen) atoms. The lowest BCUT2D eigenvalue weighted by Crippen LogP contribution is -2.32. The van der Waals surface area contributed by atoms with Crippen LogP contribution in [0, 0.1) is 0 Å². The van der Waals surface area contributed by atoms with Crippen molar-refractivity contribution in [1.82, 2.24) is 10.2 Å². The highest BCUT2D eigenvalue weighted by molar-refractivity contribution is 9.10. The van der Waals surface area contributed by atoms with E-state index < -0.39 is 12.2 Å². The van der Waals surface area contributed by atoms with Crippen molar-refractivity contribution >= 4 is 28.1 Å². The molecule has 0 aliphatic carbocycles. The van der Waals surface area contributed by atoms with Crippen LogP contribution < -0.4 is 5.32 Å². The Balaban J connectivity index is 1.75. The van der Waals surface area contributed by atoms with Crippen LogP contribution in [0.4, 0.5) is 9.59 Å². The van der Waals surface area contributed by atoms with Crippen molar-refractivity contribution in [2.75, 3.05) is 13.1 Å². The van der Waals surface area contributed by atoms with Crippen LogP contribution in [0.3, 0.4) is 0 Å². The van der Waals surface area contributed by atoms with Gasteiger partial charge in [-0.25, -0.2) is 9.59 Å². The number of hydrogen-bond acceptors (Lipinski definition) is 3. The highest BCUT2D eigenvalue weighted by atomic mass is 79.9. The molecule has 1 aliphatic heterocycles. The number of carbonyl (C=O) groups is 2. The van der Waals surface area contributed by atoms with E-state index in [0.717, 1.165) is 10.0 Å². The lowest BCUT2D eigenvalue weighted by Gasteiger charge is -2.14. The van der Waals surface area contributed by atoms with Crippen LogP contribution in [0.2, 0.25) is 0 Å². The molecular weight excluding hydrogens is 328 g/mol. The predicted molar refractivity (Wildman–Crippen MR) is 75.5 cm³/mol. The van der Waals surface area contributed by atoms with Crippen LogP contribution in [0.15, 0.2) is 28.7 Å². The minimum atomic E-state index is -0.981. The summed E-state index contributed by atoms with van der Waals surface area (Å²) in [6, 6.07) is 7.59. The predicted octanol–water partition coefficient (Wildman–Crippen LogP) is 2.43. The fraction of sp³-hybridized carbons (Fsp3) is 0.385. The standard InChI is InChI=1S/C13H15BrN2O4/c14-10-3-1-2-9(6-10)7-15-12(17)20-11-4-5-16(8-11)13(18)19/h1-3,6,11H,4-5,7-8H2,(H,15,17)(H,18,19). The SMILES string of the molecule is O=C(NCc1cccc(Br)c1)OC1CCN(C(=O)O)C1. The number of rotatable bonds is 3. The van der Waals surface area contributed by atoms with Crippen molar-refractivity contribution in [3.05, 3.63) is 34.3 Å². The molecule has 2 rings (SSSR count).